The molecule has 0 aromatic heterocycles. The van der Waals surface area contributed by atoms with E-state index in [9.17, 15) is 29.3 Å². The third-order valence-corrected chi connectivity index (χ3v) is 9.24. The zero-order valence-electron chi connectivity index (χ0n) is 35.3. The van der Waals surface area contributed by atoms with E-state index in [2.05, 4.69) is 60.9 Å². The van der Waals surface area contributed by atoms with Gasteiger partial charge >= 0.3 is 19.8 Å². The predicted molar refractivity (Wildman–Crippen MR) is 234 cm³/mol. The van der Waals surface area contributed by atoms with Crippen molar-refractivity contribution in [1.29, 1.82) is 0 Å². The molecule has 58 heavy (non-hydrogen) atoms. The van der Waals surface area contributed by atoms with Crippen LogP contribution in [0.25, 0.3) is 0 Å². The number of aliphatic hydroxyl groups excluding tert-OH is 3. The molecule has 0 amide bonds. The van der Waals surface area contributed by atoms with Gasteiger partial charge in [0, 0.05) is 12.8 Å². The number of carbonyl (C=O) groups excluding carboxylic acids is 2. The Kier molecular flexibility index (Phi) is 38.4. The summed E-state index contributed by atoms with van der Waals surface area (Å²) in [4.78, 5) is 34.9. The number of hydrogen-bond donors (Lipinski definition) is 4. The molecular weight excluding hydrogens is 759 g/mol. The van der Waals surface area contributed by atoms with E-state index in [-0.39, 0.29) is 12.8 Å². The molecule has 0 spiro atoms. The normalized spacial score (nSPS) is 15.3. The minimum Gasteiger partial charge on any atom is -0.462 e. The number of ether oxygens (including phenoxy) is 2. The van der Waals surface area contributed by atoms with Gasteiger partial charge in [-0.2, -0.15) is 0 Å². The first kappa shape index (κ1) is 54.9. The molecule has 0 rings (SSSR count). The third-order valence-electron chi connectivity index (χ3n) is 8.29. The third kappa shape index (κ3) is 39.7. The van der Waals surface area contributed by atoms with E-state index >= 15 is 0 Å². The number of esters is 2. The minimum atomic E-state index is -4.67. The molecule has 0 heterocycles. The molecule has 0 fully saturated rings. The van der Waals surface area contributed by atoms with Crippen molar-refractivity contribution in [3.63, 3.8) is 0 Å². The van der Waals surface area contributed by atoms with Crippen LogP contribution in [0.2, 0.25) is 0 Å². The number of allylic oxidation sites excluding steroid dienone is 14. The number of aliphatic hydroxyl groups is 3. The molecular formula is C46H75O11P. The van der Waals surface area contributed by atoms with Crippen molar-refractivity contribution in [3.05, 3.63) is 97.2 Å². The Balaban J connectivity index is 4.58. The fourth-order valence-corrected chi connectivity index (χ4v) is 5.73. The topological polar surface area (TPSA) is 169 Å². The zero-order valence-corrected chi connectivity index (χ0v) is 36.2. The van der Waals surface area contributed by atoms with Gasteiger partial charge in [-0.05, 0) is 83.5 Å². The first-order valence-corrected chi connectivity index (χ1v) is 22.8. The summed E-state index contributed by atoms with van der Waals surface area (Å²) in [6.45, 7) is 2.07. The Hall–Kier alpha value is -3.15. The Bertz CT molecular complexity index is 1300. The first-order valence-electron chi connectivity index (χ1n) is 21.3. The highest BCUT2D eigenvalue weighted by Gasteiger charge is 2.27. The van der Waals surface area contributed by atoms with E-state index in [0.29, 0.717) is 38.5 Å². The molecule has 0 aromatic rings. The van der Waals surface area contributed by atoms with Crippen molar-refractivity contribution in [2.45, 2.75) is 154 Å². The van der Waals surface area contributed by atoms with Gasteiger partial charge in [-0.1, -0.05) is 137 Å². The van der Waals surface area contributed by atoms with Crippen LogP contribution in [0.4, 0.5) is 0 Å². The molecule has 12 heteroatoms. The van der Waals surface area contributed by atoms with Crippen LogP contribution in [-0.4, -0.2) is 76.9 Å². The molecule has 0 aliphatic rings. The highest BCUT2D eigenvalue weighted by molar-refractivity contribution is 7.47. The molecule has 0 aliphatic heterocycles. The predicted octanol–water partition coefficient (Wildman–Crippen LogP) is 10.2. The minimum absolute atomic E-state index is 0.0778. The lowest BCUT2D eigenvalue weighted by molar-refractivity contribution is -0.161. The Morgan fingerprint density at radius 1 is 0.586 bits per heavy atom. The largest absolute Gasteiger partial charge is 0.472 e. The van der Waals surface area contributed by atoms with Crippen LogP contribution in [0.15, 0.2) is 97.2 Å². The molecule has 0 aromatic carbocycles. The van der Waals surface area contributed by atoms with E-state index in [0.717, 1.165) is 32.1 Å². The number of carbonyl (C=O) groups is 2. The summed E-state index contributed by atoms with van der Waals surface area (Å²) in [6, 6.07) is 0. The molecule has 0 radical (unpaired) electrons. The molecule has 11 nitrogen and oxygen atoms in total. The maximum Gasteiger partial charge on any atom is 0.472 e. The average Bonchev–Trinajstić information content (AvgIpc) is 3.21. The smallest absolute Gasteiger partial charge is 0.462 e. The maximum absolute atomic E-state index is 12.6. The van der Waals surface area contributed by atoms with Crippen LogP contribution in [0.1, 0.15) is 136 Å². The Morgan fingerprint density at radius 3 is 1.62 bits per heavy atom. The van der Waals surface area contributed by atoms with Crippen molar-refractivity contribution in [1.82, 2.24) is 0 Å². The van der Waals surface area contributed by atoms with Gasteiger partial charge in [-0.15, -0.1) is 0 Å². The molecule has 4 N–H and O–H groups in total. The standard InChI is InChI=1S/C46H75O11P/c1-3-5-7-9-11-12-13-14-15-16-17-18-19-20-24-29-33-37-46(51)57-44(41-56-58(52,53)55-39-43(49)38-47)40-54-45(50)36-32-28-25-21-23-27-31-35-42(48)34-30-26-22-10-8-6-4-2/h11-12,14-15,17-18,20-22,24-27,30-31,34,42-44,47-49H,3-10,13,16,19,23,28-29,32-33,35-41H2,1-2H3,(H,52,53)/b12-11-,15-14-,18-17-,24-20-,25-21+,26-22-,31-27-,34-30-/t42-,43+,44-/m1/s1. The molecule has 0 saturated carbocycles. The van der Waals surface area contributed by atoms with E-state index in [1.165, 1.54) is 38.5 Å². The van der Waals surface area contributed by atoms with Gasteiger partial charge in [0.25, 0.3) is 0 Å². The molecule has 4 atom stereocenters. The summed E-state index contributed by atoms with van der Waals surface area (Å²) >= 11 is 0. The van der Waals surface area contributed by atoms with Crippen molar-refractivity contribution >= 4 is 19.8 Å². The summed E-state index contributed by atoms with van der Waals surface area (Å²) in [5.41, 5.74) is 0. The van der Waals surface area contributed by atoms with Crippen molar-refractivity contribution < 1.29 is 52.9 Å². The first-order chi connectivity index (χ1) is 28.1. The van der Waals surface area contributed by atoms with Crippen LogP contribution in [0.3, 0.4) is 0 Å². The van der Waals surface area contributed by atoms with Crippen LogP contribution in [0, 0.1) is 0 Å². The fourth-order valence-electron chi connectivity index (χ4n) is 4.94. The summed E-state index contributed by atoms with van der Waals surface area (Å²) in [5.74, 6) is -1.11. The number of hydrogen-bond acceptors (Lipinski definition) is 10. The van der Waals surface area contributed by atoms with Gasteiger partial charge in [-0.25, -0.2) is 4.57 Å². The van der Waals surface area contributed by atoms with Crippen LogP contribution in [0.5, 0.6) is 0 Å². The van der Waals surface area contributed by atoms with Gasteiger partial charge in [0.05, 0.1) is 25.9 Å². The van der Waals surface area contributed by atoms with E-state index in [4.69, 9.17) is 19.1 Å². The van der Waals surface area contributed by atoms with Gasteiger partial charge in [0.15, 0.2) is 6.10 Å². The van der Waals surface area contributed by atoms with E-state index in [1.807, 2.05) is 48.6 Å². The summed E-state index contributed by atoms with van der Waals surface area (Å²) in [6.07, 6.45) is 45.5. The molecule has 330 valence electrons. The lowest BCUT2D eigenvalue weighted by atomic mass is 10.2. The van der Waals surface area contributed by atoms with Crippen LogP contribution >= 0.6 is 7.82 Å². The quantitative estimate of drug-likeness (QED) is 0.0154. The van der Waals surface area contributed by atoms with Gasteiger partial charge in [-0.3, -0.25) is 18.6 Å². The Morgan fingerprint density at radius 2 is 1.07 bits per heavy atom. The van der Waals surface area contributed by atoms with Crippen molar-refractivity contribution in [3.8, 4) is 0 Å². The molecule has 0 bridgehead atoms. The van der Waals surface area contributed by atoms with Gasteiger partial charge in [0.2, 0.25) is 0 Å². The SMILES string of the molecule is CCCCC/C=C\C=C/[C@@H](O)C/C=C\C/C=C/CCCC(=O)OC[C@H](COP(=O)(O)OC[C@@H](O)CO)OC(=O)CCC/C=C\C/C=C\C/C=C\C/C=C\CCCCC. The van der Waals surface area contributed by atoms with Gasteiger partial charge < -0.3 is 29.7 Å². The van der Waals surface area contributed by atoms with Crippen LogP contribution in [-0.2, 0) is 32.7 Å². The number of rotatable bonds is 38. The maximum atomic E-state index is 12.6. The molecule has 0 saturated heterocycles. The lowest BCUT2D eigenvalue weighted by Gasteiger charge is -2.20. The highest BCUT2D eigenvalue weighted by atomic mass is 31.2. The van der Waals surface area contributed by atoms with Crippen LogP contribution < -0.4 is 0 Å². The van der Waals surface area contributed by atoms with Crippen molar-refractivity contribution in [2.24, 2.45) is 0 Å². The second-order valence-corrected chi connectivity index (χ2v) is 15.3. The summed E-state index contributed by atoms with van der Waals surface area (Å²) in [5, 5.41) is 28.4. The highest BCUT2D eigenvalue weighted by Crippen LogP contribution is 2.43. The fraction of sp³-hybridized carbons (Fsp3) is 0.609. The number of unbranched alkanes of at least 4 members (excludes halogenated alkanes) is 8. The second-order valence-electron chi connectivity index (χ2n) is 13.9. The second kappa shape index (κ2) is 40.6. The van der Waals surface area contributed by atoms with Crippen molar-refractivity contribution in [2.75, 3.05) is 26.4 Å². The van der Waals surface area contributed by atoms with E-state index in [1.54, 1.807) is 6.08 Å². The number of phosphoric acid groups is 1. The monoisotopic (exact) mass is 835 g/mol. The van der Waals surface area contributed by atoms with E-state index < -0.39 is 64.5 Å². The Labute approximate surface area is 349 Å². The lowest BCUT2D eigenvalue weighted by Crippen LogP contribution is -2.29. The summed E-state index contributed by atoms with van der Waals surface area (Å²) < 4.78 is 32.5. The number of phosphoric ester groups is 1. The molecule has 1 unspecified atom stereocenters. The zero-order chi connectivity index (χ0) is 42.8. The van der Waals surface area contributed by atoms with Gasteiger partial charge in [0.1, 0.15) is 12.7 Å². The summed E-state index contributed by atoms with van der Waals surface area (Å²) in [7, 11) is -4.67. The molecule has 0 aliphatic carbocycles. The average molecular weight is 835 g/mol.